The molecule has 4 rings (SSSR count). The summed E-state index contributed by atoms with van der Waals surface area (Å²) in [6.45, 7) is 0.858. The number of benzene rings is 2. The minimum Gasteiger partial charge on any atom is -0.496 e. The molecule has 38 heavy (non-hydrogen) atoms. The third-order valence-electron chi connectivity index (χ3n) is 5.64. The van der Waals surface area contributed by atoms with Crippen LogP contribution in [0.5, 0.6) is 5.75 Å². The Balaban J connectivity index is 0.000000304. The second-order valence-electron chi connectivity index (χ2n) is 7.96. The molecule has 0 spiro atoms. The third-order valence-corrected chi connectivity index (χ3v) is 5.64. The van der Waals surface area contributed by atoms with Crippen molar-refractivity contribution in [2.24, 2.45) is 5.73 Å². The van der Waals surface area contributed by atoms with Gasteiger partial charge >= 0.3 is 12.1 Å². The molecule has 0 aliphatic carbocycles. The summed E-state index contributed by atoms with van der Waals surface area (Å²) in [5.41, 5.74) is 4.27. The van der Waals surface area contributed by atoms with Gasteiger partial charge in [0, 0.05) is 26.2 Å². The van der Waals surface area contributed by atoms with Gasteiger partial charge in [-0.2, -0.15) is 18.3 Å². The zero-order chi connectivity index (χ0) is 27.9. The molecular formula is C25H24F3N5O5. The van der Waals surface area contributed by atoms with Crippen LogP contribution in [0.2, 0.25) is 0 Å². The summed E-state index contributed by atoms with van der Waals surface area (Å²) in [5.74, 6) is -1.88. The molecule has 0 bridgehead atoms. The Morgan fingerprint density at radius 1 is 0.947 bits per heavy atom. The highest BCUT2D eigenvalue weighted by Gasteiger charge is 2.36. The standard InChI is InChI=1S/C17H15F3N4O3.C8H9NO2/c18-17(19,20)12-4-2-1-3-11(12)15(25)24-9-7-23(8-10-24)13-5-6-21-22-14(13)16(26)27;1-11-7-5-3-2-4-6(7)8(9)10/h1-6H,7-10H2,(H,26,27);2-5H,1H3,(H2,9,10). The minimum absolute atomic E-state index is 0.159. The average Bonchev–Trinajstić information content (AvgIpc) is 2.92. The summed E-state index contributed by atoms with van der Waals surface area (Å²) in [6.07, 6.45) is -3.26. The first-order valence-electron chi connectivity index (χ1n) is 11.2. The number of carbonyl (C=O) groups is 3. The molecule has 0 radical (unpaired) electrons. The molecule has 1 aliphatic heterocycles. The number of primary amides is 1. The van der Waals surface area contributed by atoms with Crippen LogP contribution < -0.4 is 15.4 Å². The molecular weight excluding hydrogens is 507 g/mol. The fourth-order valence-corrected chi connectivity index (χ4v) is 3.82. The van der Waals surface area contributed by atoms with Crippen LogP contribution in [0.4, 0.5) is 18.9 Å². The molecule has 1 aromatic heterocycles. The molecule has 2 aromatic carbocycles. The maximum absolute atomic E-state index is 13.1. The van der Waals surface area contributed by atoms with Crippen LogP contribution in [0, 0.1) is 0 Å². The lowest BCUT2D eigenvalue weighted by atomic mass is 10.1. The van der Waals surface area contributed by atoms with Gasteiger partial charge in [-0.15, -0.1) is 5.10 Å². The van der Waals surface area contributed by atoms with E-state index in [1.165, 1.54) is 36.4 Å². The van der Waals surface area contributed by atoms with E-state index < -0.39 is 35.1 Å². The largest absolute Gasteiger partial charge is 0.496 e. The molecule has 0 atom stereocenters. The number of rotatable bonds is 5. The fourth-order valence-electron chi connectivity index (χ4n) is 3.82. The molecule has 10 nitrogen and oxygen atoms in total. The number of anilines is 1. The summed E-state index contributed by atoms with van der Waals surface area (Å²) in [4.78, 5) is 37.6. The third kappa shape index (κ3) is 6.55. The number of methoxy groups -OCH3 is 1. The highest BCUT2D eigenvalue weighted by Crippen LogP contribution is 2.32. The van der Waals surface area contributed by atoms with Gasteiger partial charge in [0.15, 0.2) is 5.69 Å². The maximum atomic E-state index is 13.1. The van der Waals surface area contributed by atoms with Crippen molar-refractivity contribution < 1.29 is 37.4 Å². The van der Waals surface area contributed by atoms with E-state index in [0.717, 1.165) is 12.1 Å². The molecule has 1 saturated heterocycles. The Morgan fingerprint density at radius 2 is 1.55 bits per heavy atom. The van der Waals surface area contributed by atoms with Crippen LogP contribution in [-0.4, -0.2) is 71.3 Å². The number of carboxylic acids is 1. The molecule has 3 aromatic rings. The zero-order valence-corrected chi connectivity index (χ0v) is 20.2. The number of ether oxygens (including phenoxy) is 1. The van der Waals surface area contributed by atoms with Gasteiger partial charge in [-0.1, -0.05) is 24.3 Å². The van der Waals surface area contributed by atoms with E-state index in [1.807, 2.05) is 0 Å². The van der Waals surface area contributed by atoms with E-state index in [2.05, 4.69) is 10.2 Å². The van der Waals surface area contributed by atoms with E-state index in [9.17, 15) is 32.7 Å². The van der Waals surface area contributed by atoms with Gasteiger partial charge in [-0.05, 0) is 30.3 Å². The quantitative estimate of drug-likeness (QED) is 0.513. The first-order chi connectivity index (χ1) is 18.0. The molecule has 200 valence electrons. The Kier molecular flexibility index (Phi) is 8.84. The predicted molar refractivity (Wildman–Crippen MR) is 130 cm³/mol. The number of hydrogen-bond acceptors (Lipinski definition) is 7. The van der Waals surface area contributed by atoms with Crippen molar-refractivity contribution in [1.82, 2.24) is 15.1 Å². The van der Waals surface area contributed by atoms with Crippen LogP contribution in [0.25, 0.3) is 0 Å². The number of halogens is 3. The molecule has 2 amide bonds. The summed E-state index contributed by atoms with van der Waals surface area (Å²) >= 11 is 0. The van der Waals surface area contributed by atoms with E-state index in [0.29, 0.717) is 17.0 Å². The Bertz CT molecular complexity index is 1310. The van der Waals surface area contributed by atoms with Crippen LogP contribution in [0.3, 0.4) is 0 Å². The number of carboxylic acid groups (broad SMARTS) is 1. The molecule has 0 saturated carbocycles. The van der Waals surface area contributed by atoms with Crippen LogP contribution in [-0.2, 0) is 6.18 Å². The molecule has 0 unspecified atom stereocenters. The highest BCUT2D eigenvalue weighted by atomic mass is 19.4. The molecule has 3 N–H and O–H groups in total. The maximum Gasteiger partial charge on any atom is 0.417 e. The van der Waals surface area contributed by atoms with Gasteiger partial charge in [0.1, 0.15) is 5.75 Å². The lowest BCUT2D eigenvalue weighted by molar-refractivity contribution is -0.138. The number of piperazine rings is 1. The Labute approximate surface area is 215 Å². The van der Waals surface area contributed by atoms with Crippen LogP contribution >= 0.6 is 0 Å². The summed E-state index contributed by atoms with van der Waals surface area (Å²) < 4.78 is 44.3. The highest BCUT2D eigenvalue weighted by molar-refractivity contribution is 5.96. The van der Waals surface area contributed by atoms with Crippen molar-refractivity contribution in [2.75, 3.05) is 38.2 Å². The Hall–Kier alpha value is -4.68. The van der Waals surface area contributed by atoms with Gasteiger partial charge in [0.2, 0.25) is 0 Å². The monoisotopic (exact) mass is 531 g/mol. The van der Waals surface area contributed by atoms with Crippen molar-refractivity contribution in [2.45, 2.75) is 6.18 Å². The van der Waals surface area contributed by atoms with Gasteiger partial charge in [-0.25, -0.2) is 4.79 Å². The second-order valence-corrected chi connectivity index (χ2v) is 7.96. The number of para-hydroxylation sites is 1. The SMILES string of the molecule is COc1ccccc1C(N)=O.O=C(O)c1nnccc1N1CCN(C(=O)c2ccccc2C(F)(F)F)CC1. The summed E-state index contributed by atoms with van der Waals surface area (Å²) in [6, 6.07) is 13.0. The van der Waals surface area contributed by atoms with Crippen molar-refractivity contribution in [3.8, 4) is 5.75 Å². The topological polar surface area (TPSA) is 139 Å². The van der Waals surface area contributed by atoms with Crippen LogP contribution in [0.1, 0.15) is 36.8 Å². The van der Waals surface area contributed by atoms with Crippen molar-refractivity contribution in [3.63, 3.8) is 0 Å². The zero-order valence-electron chi connectivity index (χ0n) is 20.2. The molecule has 13 heteroatoms. The number of aromatic nitrogens is 2. The Morgan fingerprint density at radius 3 is 2.11 bits per heavy atom. The molecule has 2 heterocycles. The number of alkyl halides is 3. The lowest BCUT2D eigenvalue weighted by Crippen LogP contribution is -2.49. The predicted octanol–water partition coefficient (Wildman–Crippen LogP) is 2.95. The number of amides is 2. The average molecular weight is 531 g/mol. The lowest BCUT2D eigenvalue weighted by Gasteiger charge is -2.36. The van der Waals surface area contributed by atoms with Crippen molar-refractivity contribution in [3.05, 3.63) is 83.2 Å². The smallest absolute Gasteiger partial charge is 0.417 e. The number of nitrogens with zero attached hydrogens (tertiary/aromatic N) is 4. The van der Waals surface area contributed by atoms with Gasteiger partial charge < -0.3 is 25.4 Å². The number of aromatic carboxylic acids is 1. The first-order valence-corrected chi connectivity index (χ1v) is 11.2. The van der Waals surface area contributed by atoms with Gasteiger partial charge in [0.05, 0.1) is 35.7 Å². The number of hydrogen-bond donors (Lipinski definition) is 2. The van der Waals surface area contributed by atoms with Gasteiger partial charge in [0.25, 0.3) is 11.8 Å². The minimum atomic E-state index is -4.62. The number of nitrogens with two attached hydrogens (primary N) is 1. The van der Waals surface area contributed by atoms with E-state index in [4.69, 9.17) is 10.5 Å². The van der Waals surface area contributed by atoms with Crippen molar-refractivity contribution in [1.29, 1.82) is 0 Å². The van der Waals surface area contributed by atoms with Gasteiger partial charge in [-0.3, -0.25) is 9.59 Å². The normalized spacial score (nSPS) is 13.3. The van der Waals surface area contributed by atoms with Crippen LogP contribution in [0.15, 0.2) is 60.8 Å². The summed E-state index contributed by atoms with van der Waals surface area (Å²) in [5, 5.41) is 16.3. The molecule has 1 aliphatic rings. The summed E-state index contributed by atoms with van der Waals surface area (Å²) in [7, 11) is 1.50. The molecule has 1 fully saturated rings. The van der Waals surface area contributed by atoms with E-state index in [1.54, 1.807) is 29.2 Å². The van der Waals surface area contributed by atoms with E-state index in [-0.39, 0.29) is 31.9 Å². The van der Waals surface area contributed by atoms with E-state index >= 15 is 0 Å². The first kappa shape index (κ1) is 27.9. The number of carbonyl (C=O) groups excluding carboxylic acids is 2. The van der Waals surface area contributed by atoms with Crippen molar-refractivity contribution >= 4 is 23.5 Å². The second kappa shape index (κ2) is 12.0. The fraction of sp³-hybridized carbons (Fsp3) is 0.240.